The van der Waals surface area contributed by atoms with Gasteiger partial charge in [0, 0.05) is 0 Å². The van der Waals surface area contributed by atoms with E-state index in [1.165, 1.54) is 18.4 Å². The van der Waals surface area contributed by atoms with Crippen LogP contribution in [0, 0.1) is 5.92 Å². The van der Waals surface area contributed by atoms with Crippen molar-refractivity contribution in [2.75, 3.05) is 0 Å². The summed E-state index contributed by atoms with van der Waals surface area (Å²) >= 11 is 0. The molecule has 0 unspecified atom stereocenters. The van der Waals surface area contributed by atoms with Crippen LogP contribution in [0.5, 0.6) is 0 Å². The third kappa shape index (κ3) is 2.58. The molecular weight excluding hydrogens is 188 g/mol. The third-order valence-corrected chi connectivity index (χ3v) is 3.07. The van der Waals surface area contributed by atoms with Crippen molar-refractivity contribution in [3.05, 3.63) is 35.4 Å². The van der Waals surface area contributed by atoms with E-state index in [0.29, 0.717) is 0 Å². The van der Waals surface area contributed by atoms with E-state index in [2.05, 4.69) is 12.1 Å². The molecule has 0 aliphatic heterocycles. The molecule has 0 spiro atoms. The van der Waals surface area contributed by atoms with Crippen LogP contribution in [0.25, 0.3) is 0 Å². The average Bonchev–Trinajstić information content (AvgIpc) is 3.02. The summed E-state index contributed by atoms with van der Waals surface area (Å²) in [4.78, 5) is 10.8. The van der Waals surface area contributed by atoms with E-state index < -0.39 is 11.9 Å². The summed E-state index contributed by atoms with van der Waals surface area (Å²) in [6, 6.07) is 8.01. The van der Waals surface area contributed by atoms with Crippen molar-refractivity contribution in [2.45, 2.75) is 32.1 Å². The average molecular weight is 204 g/mol. The first kappa shape index (κ1) is 10.2. The number of carboxylic acid groups (broad SMARTS) is 1. The fourth-order valence-electron chi connectivity index (χ4n) is 1.74. The van der Waals surface area contributed by atoms with Gasteiger partial charge in [-0.1, -0.05) is 24.3 Å². The van der Waals surface area contributed by atoms with Crippen LogP contribution in [0.15, 0.2) is 24.3 Å². The molecule has 2 rings (SSSR count). The minimum absolute atomic E-state index is 0.403. The Labute approximate surface area is 89.9 Å². The van der Waals surface area contributed by atoms with Crippen LogP contribution in [-0.2, 0) is 11.2 Å². The number of carboxylic acids is 1. The molecule has 0 heterocycles. The fraction of sp³-hybridized carbons (Fsp3) is 0.462. The number of hydrogen-bond acceptors (Lipinski definition) is 1. The Balaban J connectivity index is 2.05. The minimum Gasteiger partial charge on any atom is -0.481 e. The molecule has 2 nitrogen and oxygen atoms in total. The zero-order valence-electron chi connectivity index (χ0n) is 8.94. The molecule has 0 aromatic heterocycles. The lowest BCUT2D eigenvalue weighted by Gasteiger charge is -2.07. The summed E-state index contributed by atoms with van der Waals surface area (Å²) in [5.41, 5.74) is 2.22. The van der Waals surface area contributed by atoms with E-state index in [4.69, 9.17) is 5.11 Å². The van der Waals surface area contributed by atoms with E-state index in [-0.39, 0.29) is 0 Å². The van der Waals surface area contributed by atoms with E-state index >= 15 is 0 Å². The molecule has 1 saturated carbocycles. The van der Waals surface area contributed by atoms with Crippen LogP contribution in [0.2, 0.25) is 0 Å². The van der Waals surface area contributed by atoms with Gasteiger partial charge in [0.25, 0.3) is 0 Å². The Morgan fingerprint density at radius 2 is 2.00 bits per heavy atom. The molecule has 0 bridgehead atoms. The van der Waals surface area contributed by atoms with E-state index in [1.54, 1.807) is 6.92 Å². The molecule has 0 radical (unpaired) electrons. The summed E-state index contributed by atoms with van der Waals surface area (Å²) in [5.74, 6) is -0.280. The fourth-order valence-corrected chi connectivity index (χ4v) is 1.74. The summed E-state index contributed by atoms with van der Waals surface area (Å²) < 4.78 is 0. The lowest BCUT2D eigenvalue weighted by Crippen LogP contribution is -2.07. The molecule has 2 heteroatoms. The lowest BCUT2D eigenvalue weighted by molar-refractivity contribution is -0.138. The SMILES string of the molecule is C[C@H](C(=O)O)c1ccc(CC2CC2)cc1. The van der Waals surface area contributed by atoms with Crippen LogP contribution >= 0.6 is 0 Å². The predicted molar refractivity (Wildman–Crippen MR) is 58.9 cm³/mol. The molecule has 1 aromatic rings. The highest BCUT2D eigenvalue weighted by molar-refractivity contribution is 5.75. The van der Waals surface area contributed by atoms with Crippen molar-refractivity contribution in [1.82, 2.24) is 0 Å². The van der Waals surface area contributed by atoms with Crippen molar-refractivity contribution in [3.8, 4) is 0 Å². The molecule has 15 heavy (non-hydrogen) atoms. The van der Waals surface area contributed by atoms with Crippen molar-refractivity contribution in [1.29, 1.82) is 0 Å². The third-order valence-electron chi connectivity index (χ3n) is 3.07. The molecular formula is C13H16O2. The first-order chi connectivity index (χ1) is 7.16. The van der Waals surface area contributed by atoms with Gasteiger partial charge in [-0.3, -0.25) is 4.79 Å². The zero-order chi connectivity index (χ0) is 10.8. The number of hydrogen-bond donors (Lipinski definition) is 1. The molecule has 1 aliphatic rings. The predicted octanol–water partition coefficient (Wildman–Crippen LogP) is 2.83. The molecule has 1 aliphatic carbocycles. The molecule has 1 aromatic carbocycles. The Bertz CT molecular complexity index is 349. The van der Waals surface area contributed by atoms with E-state index in [0.717, 1.165) is 17.9 Å². The quantitative estimate of drug-likeness (QED) is 0.818. The topological polar surface area (TPSA) is 37.3 Å². The Morgan fingerprint density at radius 1 is 1.40 bits per heavy atom. The van der Waals surface area contributed by atoms with E-state index in [1.807, 2.05) is 12.1 Å². The second-order valence-electron chi connectivity index (χ2n) is 4.45. The number of aliphatic carboxylic acids is 1. The van der Waals surface area contributed by atoms with Crippen molar-refractivity contribution in [3.63, 3.8) is 0 Å². The molecule has 0 amide bonds. The minimum atomic E-state index is -0.759. The van der Waals surface area contributed by atoms with Crippen LogP contribution < -0.4 is 0 Å². The summed E-state index contributed by atoms with van der Waals surface area (Å²) in [7, 11) is 0. The Kier molecular flexibility index (Phi) is 2.76. The van der Waals surface area contributed by atoms with Crippen LogP contribution in [0.4, 0.5) is 0 Å². The van der Waals surface area contributed by atoms with Gasteiger partial charge in [-0.15, -0.1) is 0 Å². The lowest BCUT2D eigenvalue weighted by atomic mass is 9.99. The number of carbonyl (C=O) groups is 1. The van der Waals surface area contributed by atoms with Gasteiger partial charge in [-0.2, -0.15) is 0 Å². The summed E-state index contributed by atoms with van der Waals surface area (Å²) in [6.07, 6.45) is 3.86. The highest BCUT2D eigenvalue weighted by Crippen LogP contribution is 2.32. The highest BCUT2D eigenvalue weighted by atomic mass is 16.4. The smallest absolute Gasteiger partial charge is 0.310 e. The number of rotatable bonds is 4. The van der Waals surface area contributed by atoms with Gasteiger partial charge in [-0.25, -0.2) is 0 Å². The second kappa shape index (κ2) is 4.05. The van der Waals surface area contributed by atoms with Gasteiger partial charge < -0.3 is 5.11 Å². The van der Waals surface area contributed by atoms with Gasteiger partial charge in [0.15, 0.2) is 0 Å². The normalized spacial score (nSPS) is 17.4. The van der Waals surface area contributed by atoms with Crippen LogP contribution in [0.1, 0.15) is 36.8 Å². The summed E-state index contributed by atoms with van der Waals surface area (Å²) in [5, 5.41) is 8.86. The van der Waals surface area contributed by atoms with Gasteiger partial charge in [0.2, 0.25) is 0 Å². The highest BCUT2D eigenvalue weighted by Gasteiger charge is 2.21. The Hall–Kier alpha value is -1.31. The molecule has 1 fully saturated rings. The Morgan fingerprint density at radius 3 is 2.47 bits per heavy atom. The molecule has 1 atom stereocenters. The molecule has 0 saturated heterocycles. The molecule has 80 valence electrons. The van der Waals surface area contributed by atoms with Gasteiger partial charge in [0.1, 0.15) is 0 Å². The van der Waals surface area contributed by atoms with Gasteiger partial charge in [0.05, 0.1) is 5.92 Å². The van der Waals surface area contributed by atoms with Crippen LogP contribution in [-0.4, -0.2) is 11.1 Å². The first-order valence-corrected chi connectivity index (χ1v) is 5.48. The standard InChI is InChI=1S/C13H16O2/c1-9(13(14)15)12-6-4-11(5-7-12)8-10-2-3-10/h4-7,9-10H,2-3,8H2,1H3,(H,14,15)/t9-/m0/s1. The first-order valence-electron chi connectivity index (χ1n) is 5.48. The molecule has 1 N–H and O–H groups in total. The van der Waals surface area contributed by atoms with Crippen molar-refractivity contribution < 1.29 is 9.90 Å². The van der Waals surface area contributed by atoms with E-state index in [9.17, 15) is 4.79 Å². The maximum atomic E-state index is 10.8. The van der Waals surface area contributed by atoms with Crippen molar-refractivity contribution in [2.24, 2.45) is 5.92 Å². The number of benzene rings is 1. The van der Waals surface area contributed by atoms with Gasteiger partial charge in [-0.05, 0) is 43.2 Å². The van der Waals surface area contributed by atoms with Gasteiger partial charge >= 0.3 is 5.97 Å². The monoisotopic (exact) mass is 204 g/mol. The van der Waals surface area contributed by atoms with Crippen LogP contribution in [0.3, 0.4) is 0 Å². The maximum Gasteiger partial charge on any atom is 0.310 e. The maximum absolute atomic E-state index is 10.8. The largest absolute Gasteiger partial charge is 0.481 e. The van der Waals surface area contributed by atoms with Crippen molar-refractivity contribution >= 4 is 5.97 Å². The summed E-state index contributed by atoms with van der Waals surface area (Å²) in [6.45, 7) is 1.72. The zero-order valence-corrected chi connectivity index (χ0v) is 8.94. The second-order valence-corrected chi connectivity index (χ2v) is 4.45.